The zero-order valence-corrected chi connectivity index (χ0v) is 15.1. The Labute approximate surface area is 151 Å². The van der Waals surface area contributed by atoms with Gasteiger partial charge in [0.15, 0.2) is 0 Å². The van der Waals surface area contributed by atoms with E-state index in [4.69, 9.17) is 0 Å². The third kappa shape index (κ3) is 2.67. The van der Waals surface area contributed by atoms with E-state index in [1.54, 1.807) is 41.3 Å². The minimum absolute atomic E-state index is 0.229. The summed E-state index contributed by atoms with van der Waals surface area (Å²) < 4.78 is 40.1. The quantitative estimate of drug-likeness (QED) is 0.897. The molecule has 1 saturated carbocycles. The van der Waals surface area contributed by atoms with Gasteiger partial charge in [0.25, 0.3) is 5.91 Å². The Balaban J connectivity index is 1.77. The van der Waals surface area contributed by atoms with Crippen molar-refractivity contribution >= 4 is 27.3 Å². The second-order valence-electron chi connectivity index (χ2n) is 7.08. The van der Waals surface area contributed by atoms with E-state index in [0.717, 1.165) is 25.5 Å². The normalized spacial score (nSPS) is 17.7. The molecule has 1 spiro atoms. The summed E-state index contributed by atoms with van der Waals surface area (Å²) in [5.41, 5.74) is 1.38. The van der Waals surface area contributed by atoms with Gasteiger partial charge in [-0.3, -0.25) is 9.52 Å². The maximum absolute atomic E-state index is 14.5. The molecule has 7 heteroatoms. The second-order valence-corrected chi connectivity index (χ2v) is 8.83. The van der Waals surface area contributed by atoms with Gasteiger partial charge in [0, 0.05) is 17.5 Å². The van der Waals surface area contributed by atoms with Crippen molar-refractivity contribution < 1.29 is 17.6 Å². The first kappa shape index (κ1) is 17.0. The largest absolute Gasteiger partial charge is 0.307 e. The standard InChI is InChI=1S/C19H19FN2O3S/c1-26(24,25)21-15-8-3-2-6-13(15)18(23)22-12-19(10-5-11-19)17-14(20)7-4-9-16(17)22/h2-4,6-9,21H,5,10-12H2,1H3. The first-order chi connectivity index (χ1) is 12.3. The van der Waals surface area contributed by atoms with E-state index in [2.05, 4.69) is 4.72 Å². The molecule has 0 bridgehead atoms. The fourth-order valence-corrected chi connectivity index (χ4v) is 4.60. The molecule has 1 aliphatic carbocycles. The molecule has 1 N–H and O–H groups in total. The number of carbonyl (C=O) groups is 1. The highest BCUT2D eigenvalue weighted by molar-refractivity contribution is 7.92. The lowest BCUT2D eigenvalue weighted by Gasteiger charge is -2.39. The van der Waals surface area contributed by atoms with Gasteiger partial charge in [0.2, 0.25) is 10.0 Å². The SMILES string of the molecule is CS(=O)(=O)Nc1ccccc1C(=O)N1CC2(CCC2)c2c(F)cccc21. The fourth-order valence-electron chi connectivity index (χ4n) is 4.03. The first-order valence-corrected chi connectivity index (χ1v) is 10.4. The van der Waals surface area contributed by atoms with Crippen molar-refractivity contribution in [2.45, 2.75) is 24.7 Å². The highest BCUT2D eigenvalue weighted by Gasteiger charge is 2.50. The Kier molecular flexibility index (Phi) is 3.80. The Morgan fingerprint density at radius 2 is 1.88 bits per heavy atom. The molecule has 2 aliphatic rings. The van der Waals surface area contributed by atoms with Crippen LogP contribution in [-0.2, 0) is 15.4 Å². The van der Waals surface area contributed by atoms with Crippen molar-refractivity contribution in [1.82, 2.24) is 0 Å². The van der Waals surface area contributed by atoms with E-state index in [9.17, 15) is 17.6 Å². The molecule has 1 heterocycles. The van der Waals surface area contributed by atoms with E-state index >= 15 is 0 Å². The van der Waals surface area contributed by atoms with Crippen molar-refractivity contribution in [3.8, 4) is 0 Å². The van der Waals surface area contributed by atoms with E-state index in [0.29, 0.717) is 17.8 Å². The summed E-state index contributed by atoms with van der Waals surface area (Å²) in [5.74, 6) is -0.604. The molecule has 0 unspecified atom stereocenters. The smallest absolute Gasteiger partial charge is 0.260 e. The number of fused-ring (bicyclic) bond motifs is 2. The second kappa shape index (κ2) is 5.81. The van der Waals surface area contributed by atoms with Gasteiger partial charge in [-0.05, 0) is 37.1 Å². The topological polar surface area (TPSA) is 66.5 Å². The third-order valence-electron chi connectivity index (χ3n) is 5.28. The van der Waals surface area contributed by atoms with E-state index in [1.165, 1.54) is 6.07 Å². The van der Waals surface area contributed by atoms with Crippen LogP contribution < -0.4 is 9.62 Å². The number of sulfonamides is 1. The predicted octanol–water partition coefficient (Wildman–Crippen LogP) is 3.28. The van der Waals surface area contributed by atoms with Gasteiger partial charge < -0.3 is 4.90 Å². The van der Waals surface area contributed by atoms with Crippen molar-refractivity contribution in [1.29, 1.82) is 0 Å². The van der Waals surface area contributed by atoms with Crippen LogP contribution in [0.3, 0.4) is 0 Å². The monoisotopic (exact) mass is 374 g/mol. The Hall–Kier alpha value is -2.41. The van der Waals surface area contributed by atoms with Gasteiger partial charge >= 0.3 is 0 Å². The number of amides is 1. The summed E-state index contributed by atoms with van der Waals surface area (Å²) in [6.07, 6.45) is 3.77. The summed E-state index contributed by atoms with van der Waals surface area (Å²) in [6.45, 7) is 0.426. The average Bonchev–Trinajstić information content (AvgIpc) is 2.90. The van der Waals surface area contributed by atoms with Crippen LogP contribution in [0.25, 0.3) is 0 Å². The van der Waals surface area contributed by atoms with Crippen molar-refractivity contribution in [2.24, 2.45) is 0 Å². The average molecular weight is 374 g/mol. The van der Waals surface area contributed by atoms with Gasteiger partial charge in [-0.1, -0.05) is 24.6 Å². The number of nitrogens with zero attached hydrogens (tertiary/aromatic N) is 1. The number of anilines is 2. The Bertz CT molecular complexity index is 1000. The van der Waals surface area contributed by atoms with Gasteiger partial charge in [0.05, 0.1) is 23.2 Å². The maximum Gasteiger partial charge on any atom is 0.260 e. The molecule has 0 radical (unpaired) electrons. The highest BCUT2D eigenvalue weighted by atomic mass is 32.2. The van der Waals surface area contributed by atoms with E-state index in [1.807, 2.05) is 0 Å². The lowest BCUT2D eigenvalue weighted by Crippen LogP contribution is -2.41. The number of halogens is 1. The lowest BCUT2D eigenvalue weighted by molar-refractivity contribution is 0.0979. The third-order valence-corrected chi connectivity index (χ3v) is 5.87. The minimum Gasteiger partial charge on any atom is -0.307 e. The molecule has 0 atom stereocenters. The van der Waals surface area contributed by atoms with Crippen LogP contribution in [0.2, 0.25) is 0 Å². The zero-order chi connectivity index (χ0) is 18.5. The number of carbonyl (C=O) groups excluding carboxylic acids is 1. The summed E-state index contributed by atoms with van der Waals surface area (Å²) >= 11 is 0. The van der Waals surface area contributed by atoms with Crippen molar-refractivity contribution in [3.63, 3.8) is 0 Å². The molecule has 0 aromatic heterocycles. The van der Waals surface area contributed by atoms with Gasteiger partial charge in [-0.25, -0.2) is 12.8 Å². The van der Waals surface area contributed by atoms with Gasteiger partial charge in [-0.15, -0.1) is 0 Å². The van der Waals surface area contributed by atoms with Crippen LogP contribution in [0.15, 0.2) is 42.5 Å². The molecule has 26 heavy (non-hydrogen) atoms. The van der Waals surface area contributed by atoms with Crippen molar-refractivity contribution in [3.05, 3.63) is 59.4 Å². The predicted molar refractivity (Wildman–Crippen MR) is 98.5 cm³/mol. The summed E-state index contributed by atoms with van der Waals surface area (Å²) in [4.78, 5) is 14.8. The molecule has 0 saturated heterocycles. The van der Waals surface area contributed by atoms with Crippen LogP contribution in [-0.4, -0.2) is 27.1 Å². The number of para-hydroxylation sites is 1. The molecule has 5 nitrogen and oxygen atoms in total. The maximum atomic E-state index is 14.5. The zero-order valence-electron chi connectivity index (χ0n) is 14.3. The number of benzene rings is 2. The minimum atomic E-state index is -3.52. The summed E-state index contributed by atoms with van der Waals surface area (Å²) in [5, 5.41) is 0. The van der Waals surface area contributed by atoms with Crippen LogP contribution >= 0.6 is 0 Å². The van der Waals surface area contributed by atoms with E-state index in [-0.39, 0.29) is 28.4 Å². The molecule has 4 rings (SSSR count). The molecule has 2 aromatic rings. The van der Waals surface area contributed by atoms with Crippen molar-refractivity contribution in [2.75, 3.05) is 22.4 Å². The molecule has 136 valence electrons. The summed E-state index contributed by atoms with van der Waals surface area (Å²) in [7, 11) is -3.52. The molecule has 1 amide bonds. The van der Waals surface area contributed by atoms with Gasteiger partial charge in [0.1, 0.15) is 5.82 Å². The molecular formula is C19H19FN2O3S. The Morgan fingerprint density at radius 1 is 1.15 bits per heavy atom. The van der Waals surface area contributed by atoms with Gasteiger partial charge in [-0.2, -0.15) is 0 Å². The number of rotatable bonds is 3. The summed E-state index contributed by atoms with van der Waals surface area (Å²) in [6, 6.07) is 11.3. The lowest BCUT2D eigenvalue weighted by atomic mass is 9.65. The first-order valence-electron chi connectivity index (χ1n) is 8.48. The molecule has 1 fully saturated rings. The Morgan fingerprint density at radius 3 is 2.54 bits per heavy atom. The van der Waals surface area contributed by atoms with Crippen LogP contribution in [0.4, 0.5) is 15.8 Å². The van der Waals surface area contributed by atoms with Crippen LogP contribution in [0, 0.1) is 5.82 Å². The number of hydrogen-bond acceptors (Lipinski definition) is 3. The fraction of sp³-hybridized carbons (Fsp3) is 0.316. The molecular weight excluding hydrogens is 355 g/mol. The number of hydrogen-bond donors (Lipinski definition) is 1. The van der Waals surface area contributed by atoms with E-state index < -0.39 is 10.0 Å². The molecule has 1 aliphatic heterocycles. The molecule has 2 aromatic carbocycles. The highest BCUT2D eigenvalue weighted by Crippen LogP contribution is 2.53. The van der Waals surface area contributed by atoms with Crippen LogP contribution in [0.1, 0.15) is 35.2 Å². The van der Waals surface area contributed by atoms with Crippen LogP contribution in [0.5, 0.6) is 0 Å². The number of nitrogens with one attached hydrogen (secondary N) is 1.